The molecule has 3 heteroatoms. The van der Waals surface area contributed by atoms with Crippen LogP contribution < -0.4 is 10.2 Å². The van der Waals surface area contributed by atoms with Gasteiger partial charge in [-0.05, 0) is 23.9 Å². The van der Waals surface area contributed by atoms with Gasteiger partial charge in [-0.2, -0.15) is 0 Å². The van der Waals surface area contributed by atoms with E-state index in [1.54, 1.807) is 0 Å². The second kappa shape index (κ2) is 7.66. The minimum atomic E-state index is 0.595. The lowest BCUT2D eigenvalue weighted by Crippen LogP contribution is -2.25. The molecule has 0 aliphatic heterocycles. The SMILES string of the molecule is C#CCN(CCC)c1ncc(CNCC)c2ccccc12. The number of pyridine rings is 1. The average Bonchev–Trinajstić information content (AvgIpc) is 2.52. The Hall–Kier alpha value is -2.05. The lowest BCUT2D eigenvalue weighted by Gasteiger charge is -2.23. The number of benzene rings is 1. The summed E-state index contributed by atoms with van der Waals surface area (Å²) in [5.41, 5.74) is 1.23. The van der Waals surface area contributed by atoms with Gasteiger partial charge in [0.05, 0.1) is 6.54 Å². The number of terminal acetylenes is 1. The van der Waals surface area contributed by atoms with E-state index in [0.29, 0.717) is 6.54 Å². The highest BCUT2D eigenvalue weighted by Crippen LogP contribution is 2.27. The van der Waals surface area contributed by atoms with Gasteiger partial charge in [0.25, 0.3) is 0 Å². The molecule has 0 unspecified atom stereocenters. The van der Waals surface area contributed by atoms with Crippen molar-refractivity contribution in [3.05, 3.63) is 36.0 Å². The first kappa shape index (κ1) is 15.3. The summed E-state index contributed by atoms with van der Waals surface area (Å²) in [5, 5.41) is 5.80. The highest BCUT2D eigenvalue weighted by molar-refractivity contribution is 5.94. The molecular weight excluding hydrogens is 258 g/mol. The third kappa shape index (κ3) is 3.53. The Labute approximate surface area is 127 Å². The number of hydrogen-bond donors (Lipinski definition) is 1. The van der Waals surface area contributed by atoms with Gasteiger partial charge in [-0.15, -0.1) is 6.42 Å². The summed E-state index contributed by atoms with van der Waals surface area (Å²) in [6.07, 6.45) is 8.53. The van der Waals surface area contributed by atoms with Gasteiger partial charge in [0.1, 0.15) is 5.82 Å². The fraction of sp³-hybridized carbons (Fsp3) is 0.389. The van der Waals surface area contributed by atoms with Crippen molar-refractivity contribution in [2.45, 2.75) is 26.8 Å². The zero-order chi connectivity index (χ0) is 15.1. The van der Waals surface area contributed by atoms with E-state index in [1.807, 2.05) is 6.20 Å². The molecule has 0 saturated heterocycles. The summed E-state index contributed by atoms with van der Waals surface area (Å²) in [6, 6.07) is 8.43. The van der Waals surface area contributed by atoms with Crippen molar-refractivity contribution < 1.29 is 0 Å². The van der Waals surface area contributed by atoms with Crippen LogP contribution in [-0.2, 0) is 6.54 Å². The molecule has 0 aliphatic rings. The van der Waals surface area contributed by atoms with E-state index in [4.69, 9.17) is 6.42 Å². The van der Waals surface area contributed by atoms with Crippen LogP contribution >= 0.6 is 0 Å². The molecule has 2 rings (SSSR count). The van der Waals surface area contributed by atoms with Crippen LogP contribution in [0.2, 0.25) is 0 Å². The zero-order valence-electron chi connectivity index (χ0n) is 12.9. The van der Waals surface area contributed by atoms with Gasteiger partial charge in [0, 0.05) is 24.7 Å². The molecule has 3 nitrogen and oxygen atoms in total. The van der Waals surface area contributed by atoms with Crippen LogP contribution in [0.25, 0.3) is 10.8 Å². The quantitative estimate of drug-likeness (QED) is 0.790. The molecule has 1 aromatic heterocycles. The molecule has 110 valence electrons. The molecule has 0 fully saturated rings. The number of aromatic nitrogens is 1. The van der Waals surface area contributed by atoms with Crippen LogP contribution in [0.5, 0.6) is 0 Å². The van der Waals surface area contributed by atoms with Gasteiger partial charge < -0.3 is 10.2 Å². The fourth-order valence-electron chi connectivity index (χ4n) is 2.53. The van der Waals surface area contributed by atoms with E-state index in [-0.39, 0.29) is 0 Å². The average molecular weight is 281 g/mol. The Kier molecular flexibility index (Phi) is 5.59. The Bertz CT molecular complexity index is 628. The Morgan fingerprint density at radius 3 is 2.67 bits per heavy atom. The van der Waals surface area contributed by atoms with Crippen LogP contribution in [0.3, 0.4) is 0 Å². The Balaban J connectivity index is 2.48. The highest BCUT2D eigenvalue weighted by atomic mass is 15.2. The Morgan fingerprint density at radius 2 is 2.00 bits per heavy atom. The number of hydrogen-bond acceptors (Lipinski definition) is 3. The predicted octanol–water partition coefficient (Wildman–Crippen LogP) is 3.19. The number of nitrogens with one attached hydrogen (secondary N) is 1. The second-order valence-corrected chi connectivity index (χ2v) is 5.06. The summed E-state index contributed by atoms with van der Waals surface area (Å²) < 4.78 is 0. The van der Waals surface area contributed by atoms with Crippen molar-refractivity contribution in [3.8, 4) is 12.3 Å². The van der Waals surface area contributed by atoms with Gasteiger partial charge in [-0.25, -0.2) is 4.98 Å². The Morgan fingerprint density at radius 1 is 1.24 bits per heavy atom. The standard InChI is InChI=1S/C18H23N3/c1-4-11-21(12-5-2)18-17-10-8-7-9-16(17)15(14-20-18)13-19-6-3/h1,7-10,14,19H,5-6,11-13H2,2-3H3. The summed E-state index contributed by atoms with van der Waals surface area (Å²) in [5.74, 6) is 3.73. The zero-order valence-corrected chi connectivity index (χ0v) is 12.9. The van der Waals surface area contributed by atoms with Crippen LogP contribution in [-0.4, -0.2) is 24.6 Å². The molecule has 1 aromatic carbocycles. The maximum Gasteiger partial charge on any atom is 0.137 e. The van der Waals surface area contributed by atoms with Crippen LogP contribution in [0.1, 0.15) is 25.8 Å². The van der Waals surface area contributed by atoms with Crippen molar-refractivity contribution in [2.75, 3.05) is 24.5 Å². The molecule has 1 N–H and O–H groups in total. The molecule has 0 spiro atoms. The van der Waals surface area contributed by atoms with Crippen molar-refractivity contribution >= 4 is 16.6 Å². The van der Waals surface area contributed by atoms with Crippen molar-refractivity contribution in [3.63, 3.8) is 0 Å². The van der Waals surface area contributed by atoms with Crippen molar-refractivity contribution in [1.82, 2.24) is 10.3 Å². The summed E-state index contributed by atoms with van der Waals surface area (Å²) in [6.45, 7) is 7.58. The van der Waals surface area contributed by atoms with Gasteiger partial charge in [-0.3, -0.25) is 0 Å². The van der Waals surface area contributed by atoms with E-state index >= 15 is 0 Å². The number of rotatable bonds is 7. The molecule has 2 aromatic rings. The first-order valence-corrected chi connectivity index (χ1v) is 7.57. The minimum Gasteiger partial charge on any atom is -0.345 e. The largest absolute Gasteiger partial charge is 0.345 e. The lowest BCUT2D eigenvalue weighted by molar-refractivity contribution is 0.727. The second-order valence-electron chi connectivity index (χ2n) is 5.06. The summed E-state index contributed by atoms with van der Waals surface area (Å²) in [7, 11) is 0. The molecule has 0 amide bonds. The molecule has 0 saturated carbocycles. The normalized spacial score (nSPS) is 10.5. The van der Waals surface area contributed by atoms with Gasteiger partial charge in [0.2, 0.25) is 0 Å². The monoisotopic (exact) mass is 281 g/mol. The number of fused-ring (bicyclic) bond motifs is 1. The molecule has 1 heterocycles. The lowest BCUT2D eigenvalue weighted by atomic mass is 10.1. The van der Waals surface area contributed by atoms with Crippen molar-refractivity contribution in [2.24, 2.45) is 0 Å². The molecule has 0 bridgehead atoms. The number of anilines is 1. The van der Waals surface area contributed by atoms with E-state index in [9.17, 15) is 0 Å². The molecule has 21 heavy (non-hydrogen) atoms. The molecular formula is C18H23N3. The summed E-state index contributed by atoms with van der Waals surface area (Å²) >= 11 is 0. The first-order valence-electron chi connectivity index (χ1n) is 7.57. The van der Waals surface area contributed by atoms with Gasteiger partial charge >= 0.3 is 0 Å². The van der Waals surface area contributed by atoms with Crippen LogP contribution in [0, 0.1) is 12.3 Å². The van der Waals surface area contributed by atoms with E-state index in [2.05, 4.69) is 59.2 Å². The maximum atomic E-state index is 5.51. The topological polar surface area (TPSA) is 28.2 Å². The molecule has 0 atom stereocenters. The smallest absolute Gasteiger partial charge is 0.137 e. The van der Waals surface area contributed by atoms with E-state index < -0.39 is 0 Å². The predicted molar refractivity (Wildman–Crippen MR) is 90.5 cm³/mol. The third-order valence-corrected chi connectivity index (χ3v) is 3.50. The first-order chi connectivity index (χ1) is 10.3. The third-order valence-electron chi connectivity index (χ3n) is 3.50. The minimum absolute atomic E-state index is 0.595. The van der Waals surface area contributed by atoms with Gasteiger partial charge in [-0.1, -0.05) is 44.0 Å². The highest BCUT2D eigenvalue weighted by Gasteiger charge is 2.12. The van der Waals surface area contributed by atoms with Crippen LogP contribution in [0.15, 0.2) is 30.5 Å². The van der Waals surface area contributed by atoms with Crippen molar-refractivity contribution in [1.29, 1.82) is 0 Å². The van der Waals surface area contributed by atoms with Crippen LogP contribution in [0.4, 0.5) is 5.82 Å². The van der Waals surface area contributed by atoms with E-state index in [0.717, 1.165) is 31.9 Å². The molecule has 0 radical (unpaired) electrons. The van der Waals surface area contributed by atoms with Gasteiger partial charge in [0.15, 0.2) is 0 Å². The molecule has 0 aliphatic carbocycles. The number of nitrogens with zero attached hydrogens (tertiary/aromatic N) is 2. The maximum absolute atomic E-state index is 5.51. The van der Waals surface area contributed by atoms with E-state index in [1.165, 1.54) is 16.3 Å². The summed E-state index contributed by atoms with van der Waals surface area (Å²) in [4.78, 5) is 6.87. The fourth-order valence-corrected chi connectivity index (χ4v) is 2.53.